The maximum Gasteiger partial charge on any atom is 0.253 e. The van der Waals surface area contributed by atoms with Crippen LogP contribution in [-0.2, 0) is 4.79 Å². The number of ether oxygens (including phenoxy) is 1. The molecule has 1 aromatic rings. The zero-order chi connectivity index (χ0) is 17.5. The van der Waals surface area contributed by atoms with Crippen LogP contribution in [0, 0.1) is 11.8 Å². The van der Waals surface area contributed by atoms with Gasteiger partial charge >= 0.3 is 0 Å². The highest BCUT2D eigenvalue weighted by Gasteiger charge is 2.21. The zero-order valence-corrected chi connectivity index (χ0v) is 13.9. The molecule has 7 nitrogen and oxygen atoms in total. The fourth-order valence-corrected chi connectivity index (χ4v) is 2.01. The fraction of sp³-hybridized carbons (Fsp3) is 0.529. The van der Waals surface area contributed by atoms with E-state index >= 15 is 0 Å². The van der Waals surface area contributed by atoms with E-state index in [1.54, 1.807) is 12.1 Å². The van der Waals surface area contributed by atoms with Gasteiger partial charge in [-0.25, -0.2) is 0 Å². The Hall–Kier alpha value is -2.28. The van der Waals surface area contributed by atoms with E-state index in [0.29, 0.717) is 30.5 Å². The molecule has 1 aliphatic carbocycles. The van der Waals surface area contributed by atoms with Crippen LogP contribution < -0.4 is 21.1 Å². The molecule has 0 aromatic heterocycles. The number of rotatable bonds is 9. The molecule has 0 saturated heterocycles. The van der Waals surface area contributed by atoms with Crippen molar-refractivity contribution >= 4 is 17.5 Å². The number of nitrogens with two attached hydrogens (primary N) is 1. The van der Waals surface area contributed by atoms with Crippen molar-refractivity contribution < 1.29 is 19.4 Å². The molecule has 1 atom stereocenters. The number of nitrogen functional groups attached to an aromatic ring is 1. The van der Waals surface area contributed by atoms with Gasteiger partial charge in [0.15, 0.2) is 0 Å². The summed E-state index contributed by atoms with van der Waals surface area (Å²) in [7, 11) is 0. The maximum absolute atomic E-state index is 12.2. The maximum atomic E-state index is 12.2. The second-order valence-electron chi connectivity index (χ2n) is 6.28. The molecule has 2 amide bonds. The minimum absolute atomic E-state index is 0.00464. The van der Waals surface area contributed by atoms with Crippen LogP contribution in [0.2, 0.25) is 0 Å². The number of carbonyl (C=O) groups excluding carboxylic acids is 2. The zero-order valence-electron chi connectivity index (χ0n) is 13.9. The van der Waals surface area contributed by atoms with E-state index in [-0.39, 0.29) is 30.5 Å². The first-order valence-electron chi connectivity index (χ1n) is 8.17. The second-order valence-corrected chi connectivity index (χ2v) is 6.28. The van der Waals surface area contributed by atoms with Crippen LogP contribution in [0.25, 0.3) is 0 Å². The molecule has 0 bridgehead atoms. The number of aliphatic hydroxyl groups excluding tert-OH is 1. The lowest BCUT2D eigenvalue weighted by Crippen LogP contribution is -2.37. The predicted molar refractivity (Wildman–Crippen MR) is 90.7 cm³/mol. The number of anilines is 1. The van der Waals surface area contributed by atoms with Gasteiger partial charge in [-0.3, -0.25) is 9.59 Å². The summed E-state index contributed by atoms with van der Waals surface area (Å²) in [6.07, 6.45) is 2.32. The van der Waals surface area contributed by atoms with Gasteiger partial charge < -0.3 is 26.2 Å². The molecule has 0 heterocycles. The summed E-state index contributed by atoms with van der Waals surface area (Å²) in [5, 5.41) is 14.3. The van der Waals surface area contributed by atoms with Crippen molar-refractivity contribution in [1.29, 1.82) is 0 Å². The molecular weight excluding hydrogens is 310 g/mol. The highest BCUT2D eigenvalue weighted by Crippen LogP contribution is 2.27. The molecule has 5 N–H and O–H groups in total. The summed E-state index contributed by atoms with van der Waals surface area (Å²) in [5.74, 6) is 0.450. The van der Waals surface area contributed by atoms with E-state index in [0.717, 1.165) is 12.8 Å². The normalized spacial score (nSPS) is 14.8. The van der Waals surface area contributed by atoms with Gasteiger partial charge in [0.05, 0.1) is 18.7 Å². The van der Waals surface area contributed by atoms with Gasteiger partial charge in [0.1, 0.15) is 5.75 Å². The Kier molecular flexibility index (Phi) is 6.43. The summed E-state index contributed by atoms with van der Waals surface area (Å²) in [5.41, 5.74) is 6.41. The minimum atomic E-state index is -0.422. The van der Waals surface area contributed by atoms with Crippen molar-refractivity contribution in [3.8, 4) is 5.75 Å². The smallest absolute Gasteiger partial charge is 0.253 e. The summed E-state index contributed by atoms with van der Waals surface area (Å²) < 4.78 is 5.53. The summed E-state index contributed by atoms with van der Waals surface area (Å²) in [4.78, 5) is 23.9. The topological polar surface area (TPSA) is 114 Å². The molecule has 0 spiro atoms. The molecule has 1 aromatic carbocycles. The number of carbonyl (C=O) groups is 2. The third kappa shape index (κ3) is 5.73. The van der Waals surface area contributed by atoms with Gasteiger partial charge in [-0.05, 0) is 37.0 Å². The standard InChI is InChI=1S/C17H25N3O4/c1-11(9-21)10-24-13-4-5-15(18)14(6-13)17(23)20-8-16(22)19-7-12-2-3-12/h4-6,11-12,21H,2-3,7-10,18H2,1H3,(H,19,22)(H,20,23)/t11-/m0/s1. The van der Waals surface area contributed by atoms with Crippen LogP contribution in [0.1, 0.15) is 30.1 Å². The van der Waals surface area contributed by atoms with E-state index < -0.39 is 5.91 Å². The van der Waals surface area contributed by atoms with E-state index in [2.05, 4.69) is 10.6 Å². The van der Waals surface area contributed by atoms with Crippen molar-refractivity contribution in [3.05, 3.63) is 23.8 Å². The Labute approximate surface area is 141 Å². The number of hydrogen-bond donors (Lipinski definition) is 4. The molecule has 2 rings (SSSR count). The van der Waals surface area contributed by atoms with Crippen LogP contribution in [-0.4, -0.2) is 43.2 Å². The monoisotopic (exact) mass is 335 g/mol. The Bertz CT molecular complexity index is 587. The molecular formula is C17H25N3O4. The van der Waals surface area contributed by atoms with Gasteiger partial charge in [-0.2, -0.15) is 0 Å². The van der Waals surface area contributed by atoms with Gasteiger partial charge in [-0.15, -0.1) is 0 Å². The van der Waals surface area contributed by atoms with E-state index in [1.807, 2.05) is 6.92 Å². The van der Waals surface area contributed by atoms with Crippen molar-refractivity contribution in [3.63, 3.8) is 0 Å². The molecule has 0 unspecified atom stereocenters. The van der Waals surface area contributed by atoms with Gasteiger partial charge in [0.25, 0.3) is 5.91 Å². The van der Waals surface area contributed by atoms with Crippen LogP contribution >= 0.6 is 0 Å². The Balaban J connectivity index is 1.86. The lowest BCUT2D eigenvalue weighted by molar-refractivity contribution is -0.120. The van der Waals surface area contributed by atoms with Gasteiger partial charge in [-0.1, -0.05) is 6.92 Å². The molecule has 0 aliphatic heterocycles. The Morgan fingerprint density at radius 1 is 1.38 bits per heavy atom. The summed E-state index contributed by atoms with van der Waals surface area (Å²) in [6.45, 7) is 2.80. The number of benzene rings is 1. The van der Waals surface area contributed by atoms with E-state index in [9.17, 15) is 9.59 Å². The molecule has 132 valence electrons. The van der Waals surface area contributed by atoms with Crippen LogP contribution in [0.15, 0.2) is 18.2 Å². The first-order valence-corrected chi connectivity index (χ1v) is 8.17. The van der Waals surface area contributed by atoms with Gasteiger partial charge in [0.2, 0.25) is 5.91 Å². The van der Waals surface area contributed by atoms with Crippen molar-refractivity contribution in [2.24, 2.45) is 11.8 Å². The van der Waals surface area contributed by atoms with Crippen molar-refractivity contribution in [2.45, 2.75) is 19.8 Å². The number of aliphatic hydroxyl groups is 1. The number of hydrogen-bond acceptors (Lipinski definition) is 5. The number of nitrogens with one attached hydrogen (secondary N) is 2. The first kappa shape index (κ1) is 18.1. The summed E-state index contributed by atoms with van der Waals surface area (Å²) >= 11 is 0. The lowest BCUT2D eigenvalue weighted by Gasteiger charge is -2.13. The van der Waals surface area contributed by atoms with E-state index in [4.69, 9.17) is 15.6 Å². The molecule has 7 heteroatoms. The summed E-state index contributed by atoms with van der Waals surface area (Å²) in [6, 6.07) is 4.79. The minimum Gasteiger partial charge on any atom is -0.493 e. The quantitative estimate of drug-likeness (QED) is 0.492. The number of amides is 2. The lowest BCUT2D eigenvalue weighted by atomic mass is 10.1. The predicted octanol–water partition coefficient (Wildman–Crippen LogP) is 0.532. The highest BCUT2D eigenvalue weighted by molar-refractivity contribution is 6.01. The van der Waals surface area contributed by atoms with E-state index in [1.165, 1.54) is 6.07 Å². The van der Waals surface area contributed by atoms with Crippen LogP contribution in [0.4, 0.5) is 5.69 Å². The van der Waals surface area contributed by atoms with Crippen molar-refractivity contribution in [2.75, 3.05) is 32.0 Å². The SMILES string of the molecule is C[C@@H](CO)COc1ccc(N)c(C(=O)NCC(=O)NCC2CC2)c1. The van der Waals surface area contributed by atoms with Crippen LogP contribution in [0.5, 0.6) is 5.75 Å². The highest BCUT2D eigenvalue weighted by atomic mass is 16.5. The van der Waals surface area contributed by atoms with Crippen LogP contribution in [0.3, 0.4) is 0 Å². The third-order valence-corrected chi connectivity index (χ3v) is 3.81. The molecule has 24 heavy (non-hydrogen) atoms. The first-order chi connectivity index (χ1) is 11.5. The molecule has 1 saturated carbocycles. The van der Waals surface area contributed by atoms with Gasteiger partial charge in [0, 0.05) is 24.8 Å². The fourth-order valence-electron chi connectivity index (χ4n) is 2.01. The average Bonchev–Trinajstić information content (AvgIpc) is 3.41. The third-order valence-electron chi connectivity index (χ3n) is 3.81. The Morgan fingerprint density at radius 3 is 2.79 bits per heavy atom. The molecule has 1 fully saturated rings. The second kappa shape index (κ2) is 8.54. The average molecular weight is 335 g/mol. The molecule has 1 aliphatic rings. The van der Waals surface area contributed by atoms with Crippen molar-refractivity contribution in [1.82, 2.24) is 10.6 Å². The largest absolute Gasteiger partial charge is 0.493 e. The Morgan fingerprint density at radius 2 is 2.12 bits per heavy atom. The molecule has 0 radical (unpaired) electrons.